The molecule has 0 saturated heterocycles. The molecule has 0 radical (unpaired) electrons. The lowest BCUT2D eigenvalue weighted by Gasteiger charge is -2.04. The maximum atomic E-state index is 11.8. The van der Waals surface area contributed by atoms with Gasteiger partial charge in [-0.3, -0.25) is 19.7 Å². The monoisotopic (exact) mass is 360 g/mol. The minimum absolute atomic E-state index is 0.0683. The molecule has 0 spiro atoms. The second-order valence-electron chi connectivity index (χ2n) is 4.99. The van der Waals surface area contributed by atoms with E-state index in [-0.39, 0.29) is 16.4 Å². The minimum atomic E-state index is -1.02. The average molecular weight is 361 g/mol. The van der Waals surface area contributed by atoms with Crippen LogP contribution in [0.5, 0.6) is 0 Å². The van der Waals surface area contributed by atoms with Crippen molar-refractivity contribution < 1.29 is 14.5 Å². The normalized spacial score (nSPS) is 10.5. The van der Waals surface area contributed by atoms with Gasteiger partial charge in [0.25, 0.3) is 5.69 Å². The zero-order valence-electron chi connectivity index (χ0n) is 13.0. The van der Waals surface area contributed by atoms with Gasteiger partial charge in [0, 0.05) is 11.8 Å². The Balaban J connectivity index is 1.96. The molecule has 9 heteroatoms. The highest BCUT2D eigenvalue weighted by atomic mass is 35.5. The van der Waals surface area contributed by atoms with Crippen molar-refractivity contribution >= 4 is 41.0 Å². The van der Waals surface area contributed by atoms with E-state index in [0.29, 0.717) is 0 Å². The standard InChI is InChI=1S/C16H13ClN4O4/c1-10-2-4-11(5-3-10)9-18-20-16(23)15(22)19-12-6-7-13(17)14(8-12)21(24)25/h2-9H,1H3,(H,19,22)(H,20,23)/b18-9-. The minimum Gasteiger partial charge on any atom is -0.317 e. The lowest BCUT2D eigenvalue weighted by Crippen LogP contribution is -2.32. The molecule has 0 saturated carbocycles. The Kier molecular flexibility index (Phi) is 5.80. The number of carbonyl (C=O) groups is 2. The van der Waals surface area contributed by atoms with Gasteiger partial charge in [-0.1, -0.05) is 41.4 Å². The molecule has 0 fully saturated rings. The molecule has 2 aromatic carbocycles. The molecule has 8 nitrogen and oxygen atoms in total. The molecular weight excluding hydrogens is 348 g/mol. The molecule has 0 heterocycles. The molecule has 0 aliphatic carbocycles. The summed E-state index contributed by atoms with van der Waals surface area (Å²) < 4.78 is 0. The zero-order chi connectivity index (χ0) is 18.4. The fourth-order valence-electron chi connectivity index (χ4n) is 1.79. The fraction of sp³-hybridized carbons (Fsp3) is 0.0625. The van der Waals surface area contributed by atoms with Gasteiger partial charge >= 0.3 is 11.8 Å². The van der Waals surface area contributed by atoms with Crippen molar-refractivity contribution in [2.45, 2.75) is 6.92 Å². The maximum absolute atomic E-state index is 11.8. The number of nitrogens with one attached hydrogen (secondary N) is 2. The SMILES string of the molecule is Cc1ccc(/C=N\NC(=O)C(=O)Nc2ccc(Cl)c([N+](=O)[O-])c2)cc1. The van der Waals surface area contributed by atoms with E-state index in [9.17, 15) is 19.7 Å². The van der Waals surface area contributed by atoms with E-state index < -0.39 is 16.7 Å². The number of hydrogen-bond acceptors (Lipinski definition) is 5. The van der Waals surface area contributed by atoms with Crippen molar-refractivity contribution in [3.63, 3.8) is 0 Å². The number of amides is 2. The molecule has 0 aromatic heterocycles. The highest BCUT2D eigenvalue weighted by molar-refractivity contribution is 6.39. The molecule has 128 valence electrons. The third-order valence-electron chi connectivity index (χ3n) is 3.06. The predicted octanol–water partition coefficient (Wildman–Crippen LogP) is 2.65. The third-order valence-corrected chi connectivity index (χ3v) is 3.38. The van der Waals surface area contributed by atoms with Crippen LogP contribution >= 0.6 is 11.6 Å². The van der Waals surface area contributed by atoms with E-state index in [4.69, 9.17) is 11.6 Å². The van der Waals surface area contributed by atoms with Crippen LogP contribution in [0.1, 0.15) is 11.1 Å². The first-order valence-electron chi connectivity index (χ1n) is 7.02. The van der Waals surface area contributed by atoms with Gasteiger partial charge in [-0.25, -0.2) is 5.43 Å². The molecule has 0 aliphatic heterocycles. The van der Waals surface area contributed by atoms with Crippen molar-refractivity contribution in [2.24, 2.45) is 5.10 Å². The van der Waals surface area contributed by atoms with Gasteiger partial charge in [0.05, 0.1) is 11.1 Å². The number of rotatable bonds is 4. The van der Waals surface area contributed by atoms with Gasteiger partial charge in [-0.2, -0.15) is 5.10 Å². The molecule has 25 heavy (non-hydrogen) atoms. The lowest BCUT2D eigenvalue weighted by atomic mass is 10.2. The summed E-state index contributed by atoms with van der Waals surface area (Å²) in [7, 11) is 0. The number of hydrazone groups is 1. The quantitative estimate of drug-likeness (QED) is 0.377. The second-order valence-corrected chi connectivity index (χ2v) is 5.39. The summed E-state index contributed by atoms with van der Waals surface area (Å²) in [6.45, 7) is 1.94. The number of nitro benzene ring substituents is 1. The van der Waals surface area contributed by atoms with Gasteiger partial charge in [0.1, 0.15) is 5.02 Å². The summed E-state index contributed by atoms with van der Waals surface area (Å²) in [5.41, 5.74) is 3.59. The number of benzene rings is 2. The number of nitro groups is 1. The van der Waals surface area contributed by atoms with Gasteiger partial charge in [-0.15, -0.1) is 0 Å². The molecule has 0 atom stereocenters. The Morgan fingerprint density at radius 1 is 1.16 bits per heavy atom. The van der Waals surface area contributed by atoms with Gasteiger partial charge in [-0.05, 0) is 24.6 Å². The number of halogens is 1. The molecule has 2 amide bonds. The van der Waals surface area contributed by atoms with Crippen LogP contribution in [0, 0.1) is 17.0 Å². The molecule has 2 rings (SSSR count). The average Bonchev–Trinajstić information content (AvgIpc) is 2.58. The Labute approximate surface area is 147 Å². The summed E-state index contributed by atoms with van der Waals surface area (Å²) in [5, 5.41) is 16.6. The number of aryl methyl sites for hydroxylation is 1. The van der Waals surface area contributed by atoms with Crippen LogP contribution in [0.15, 0.2) is 47.6 Å². The van der Waals surface area contributed by atoms with Crippen LogP contribution in [0.2, 0.25) is 5.02 Å². The van der Waals surface area contributed by atoms with Gasteiger partial charge in [0.15, 0.2) is 0 Å². The van der Waals surface area contributed by atoms with E-state index in [2.05, 4.69) is 15.8 Å². The molecular formula is C16H13ClN4O4. The Morgan fingerprint density at radius 3 is 2.48 bits per heavy atom. The lowest BCUT2D eigenvalue weighted by molar-refractivity contribution is -0.384. The van der Waals surface area contributed by atoms with E-state index in [0.717, 1.165) is 17.2 Å². The van der Waals surface area contributed by atoms with Crippen LogP contribution < -0.4 is 10.7 Å². The molecule has 0 bridgehead atoms. The van der Waals surface area contributed by atoms with Crippen LogP contribution in [0.4, 0.5) is 11.4 Å². The van der Waals surface area contributed by atoms with Crippen LogP contribution in [-0.2, 0) is 9.59 Å². The van der Waals surface area contributed by atoms with Crippen molar-refractivity contribution in [3.8, 4) is 0 Å². The smallest absolute Gasteiger partial charge is 0.317 e. The topological polar surface area (TPSA) is 114 Å². The maximum Gasteiger partial charge on any atom is 0.329 e. The molecule has 2 N–H and O–H groups in total. The molecule has 0 aliphatic rings. The second kappa shape index (κ2) is 8.02. The highest BCUT2D eigenvalue weighted by Crippen LogP contribution is 2.27. The van der Waals surface area contributed by atoms with Crippen molar-refractivity contribution in [2.75, 3.05) is 5.32 Å². The molecule has 2 aromatic rings. The Hall–Kier alpha value is -3.26. The predicted molar refractivity (Wildman–Crippen MR) is 93.7 cm³/mol. The van der Waals surface area contributed by atoms with E-state index >= 15 is 0 Å². The number of anilines is 1. The summed E-state index contributed by atoms with van der Waals surface area (Å²) in [4.78, 5) is 33.6. The summed E-state index contributed by atoms with van der Waals surface area (Å²) in [5.74, 6) is -2.03. The first kappa shape index (κ1) is 18.1. The number of hydrogen-bond donors (Lipinski definition) is 2. The van der Waals surface area contributed by atoms with Crippen molar-refractivity contribution in [1.82, 2.24) is 5.43 Å². The zero-order valence-corrected chi connectivity index (χ0v) is 13.8. The van der Waals surface area contributed by atoms with Crippen molar-refractivity contribution in [3.05, 3.63) is 68.7 Å². The number of carbonyl (C=O) groups excluding carboxylic acids is 2. The van der Waals surface area contributed by atoms with Crippen LogP contribution in [0.25, 0.3) is 0 Å². The van der Waals surface area contributed by atoms with Crippen LogP contribution in [0.3, 0.4) is 0 Å². The molecule has 0 unspecified atom stereocenters. The summed E-state index contributed by atoms with van der Waals surface area (Å²) >= 11 is 5.67. The van der Waals surface area contributed by atoms with Gasteiger partial charge in [0.2, 0.25) is 0 Å². The summed E-state index contributed by atoms with van der Waals surface area (Å²) in [6.07, 6.45) is 1.39. The highest BCUT2D eigenvalue weighted by Gasteiger charge is 2.17. The Bertz CT molecular complexity index is 850. The van der Waals surface area contributed by atoms with Crippen molar-refractivity contribution in [1.29, 1.82) is 0 Å². The Morgan fingerprint density at radius 2 is 1.84 bits per heavy atom. The first-order valence-corrected chi connectivity index (χ1v) is 7.39. The van der Waals surface area contributed by atoms with Gasteiger partial charge < -0.3 is 5.32 Å². The largest absolute Gasteiger partial charge is 0.329 e. The van der Waals surface area contributed by atoms with Crippen LogP contribution in [-0.4, -0.2) is 23.0 Å². The number of nitrogens with zero attached hydrogens (tertiary/aromatic N) is 2. The van der Waals surface area contributed by atoms with E-state index in [1.165, 1.54) is 18.3 Å². The fourth-order valence-corrected chi connectivity index (χ4v) is 1.97. The first-order chi connectivity index (χ1) is 11.9. The third kappa shape index (κ3) is 5.11. The summed E-state index contributed by atoms with van der Waals surface area (Å²) in [6, 6.07) is 11.0. The van der Waals surface area contributed by atoms with E-state index in [1.807, 2.05) is 19.1 Å². The van der Waals surface area contributed by atoms with E-state index in [1.54, 1.807) is 12.1 Å².